The van der Waals surface area contributed by atoms with Gasteiger partial charge in [-0.1, -0.05) is 0 Å². The predicted molar refractivity (Wildman–Crippen MR) is 75.6 cm³/mol. The number of nitrogens with one attached hydrogen (secondary N) is 1. The lowest BCUT2D eigenvalue weighted by Gasteiger charge is -2.23. The minimum absolute atomic E-state index is 0.590. The average Bonchev–Trinajstić information content (AvgIpc) is 2.41. The van der Waals surface area contributed by atoms with Gasteiger partial charge in [-0.25, -0.2) is 0 Å². The maximum absolute atomic E-state index is 5.54. The normalized spacial score (nSPS) is 10.4. The standard InChI is InChI=1S/C14H24N2O2/c1-4-16(10-9-15-2)13-5-7-14(8-6-13)18-12-11-17-3/h5-8,15H,4,9-12H2,1-3H3. The van der Waals surface area contributed by atoms with Crippen LogP contribution in [-0.4, -0.2) is 47.0 Å². The van der Waals surface area contributed by atoms with Crippen LogP contribution < -0.4 is 15.0 Å². The first-order valence-corrected chi connectivity index (χ1v) is 6.43. The van der Waals surface area contributed by atoms with E-state index in [4.69, 9.17) is 9.47 Å². The Morgan fingerprint density at radius 3 is 2.44 bits per heavy atom. The summed E-state index contributed by atoms with van der Waals surface area (Å²) in [5, 5.41) is 3.17. The fraction of sp³-hybridized carbons (Fsp3) is 0.571. The van der Waals surface area contributed by atoms with Crippen molar-refractivity contribution < 1.29 is 9.47 Å². The summed E-state index contributed by atoms with van der Waals surface area (Å²) in [7, 11) is 3.65. The zero-order valence-electron chi connectivity index (χ0n) is 11.6. The summed E-state index contributed by atoms with van der Waals surface area (Å²) in [5.41, 5.74) is 1.23. The molecule has 0 fully saturated rings. The van der Waals surface area contributed by atoms with Crippen molar-refractivity contribution in [3.05, 3.63) is 24.3 Å². The van der Waals surface area contributed by atoms with Gasteiger partial charge in [0.1, 0.15) is 12.4 Å². The molecule has 102 valence electrons. The van der Waals surface area contributed by atoms with E-state index in [0.29, 0.717) is 13.2 Å². The van der Waals surface area contributed by atoms with Crippen molar-refractivity contribution in [2.24, 2.45) is 0 Å². The van der Waals surface area contributed by atoms with Gasteiger partial charge >= 0.3 is 0 Å². The summed E-state index contributed by atoms with van der Waals surface area (Å²) in [6, 6.07) is 8.21. The van der Waals surface area contributed by atoms with Crippen LogP contribution in [0.1, 0.15) is 6.92 Å². The van der Waals surface area contributed by atoms with Crippen molar-refractivity contribution in [1.82, 2.24) is 5.32 Å². The van der Waals surface area contributed by atoms with E-state index in [9.17, 15) is 0 Å². The number of hydrogen-bond donors (Lipinski definition) is 1. The number of benzene rings is 1. The molecule has 0 saturated carbocycles. The van der Waals surface area contributed by atoms with E-state index >= 15 is 0 Å². The van der Waals surface area contributed by atoms with E-state index in [-0.39, 0.29) is 0 Å². The average molecular weight is 252 g/mol. The summed E-state index contributed by atoms with van der Waals surface area (Å²) in [6.45, 7) is 6.37. The highest BCUT2D eigenvalue weighted by atomic mass is 16.5. The Bertz CT molecular complexity index is 314. The first kappa shape index (κ1) is 14.8. The number of nitrogens with zero attached hydrogens (tertiary/aromatic N) is 1. The quantitative estimate of drug-likeness (QED) is 0.679. The van der Waals surface area contributed by atoms with Crippen LogP contribution in [0.4, 0.5) is 5.69 Å². The zero-order valence-corrected chi connectivity index (χ0v) is 11.6. The minimum Gasteiger partial charge on any atom is -0.491 e. The summed E-state index contributed by atoms with van der Waals surface area (Å²) in [6.07, 6.45) is 0. The van der Waals surface area contributed by atoms with Crippen LogP contribution in [0.5, 0.6) is 5.75 Å². The number of anilines is 1. The van der Waals surface area contributed by atoms with Crippen molar-refractivity contribution in [3.8, 4) is 5.75 Å². The number of ether oxygens (including phenoxy) is 2. The molecule has 0 spiro atoms. The molecule has 0 amide bonds. The third-order valence-electron chi connectivity index (χ3n) is 2.77. The fourth-order valence-electron chi connectivity index (χ4n) is 1.71. The monoisotopic (exact) mass is 252 g/mol. The molecule has 1 N–H and O–H groups in total. The number of hydrogen-bond acceptors (Lipinski definition) is 4. The Kier molecular flexibility index (Phi) is 7.22. The largest absolute Gasteiger partial charge is 0.491 e. The second kappa shape index (κ2) is 8.78. The van der Waals surface area contributed by atoms with Crippen molar-refractivity contribution in [2.75, 3.05) is 51.9 Å². The van der Waals surface area contributed by atoms with Crippen molar-refractivity contribution >= 4 is 5.69 Å². The maximum Gasteiger partial charge on any atom is 0.119 e. The van der Waals surface area contributed by atoms with Crippen LogP contribution in [0, 0.1) is 0 Å². The summed E-state index contributed by atoms with van der Waals surface area (Å²) < 4.78 is 10.5. The zero-order chi connectivity index (χ0) is 13.2. The molecule has 0 aliphatic rings. The molecule has 0 saturated heterocycles. The van der Waals surface area contributed by atoms with E-state index in [2.05, 4.69) is 29.3 Å². The fourth-order valence-corrected chi connectivity index (χ4v) is 1.71. The maximum atomic E-state index is 5.54. The molecule has 0 atom stereocenters. The highest BCUT2D eigenvalue weighted by Crippen LogP contribution is 2.19. The molecule has 0 bridgehead atoms. The van der Waals surface area contributed by atoms with Crippen molar-refractivity contribution in [2.45, 2.75) is 6.92 Å². The minimum atomic E-state index is 0.590. The predicted octanol–water partition coefficient (Wildman–Crippen LogP) is 1.76. The van der Waals surface area contributed by atoms with Crippen LogP contribution in [0.25, 0.3) is 0 Å². The topological polar surface area (TPSA) is 33.7 Å². The molecule has 0 aliphatic heterocycles. The molecule has 18 heavy (non-hydrogen) atoms. The van der Waals surface area contributed by atoms with Crippen molar-refractivity contribution in [1.29, 1.82) is 0 Å². The van der Waals surface area contributed by atoms with E-state index in [1.807, 2.05) is 19.2 Å². The summed E-state index contributed by atoms with van der Waals surface area (Å²) in [4.78, 5) is 2.33. The van der Waals surface area contributed by atoms with E-state index in [0.717, 1.165) is 25.4 Å². The van der Waals surface area contributed by atoms with Gasteiger partial charge in [0.05, 0.1) is 6.61 Å². The highest BCUT2D eigenvalue weighted by molar-refractivity contribution is 5.48. The molecule has 1 aromatic rings. The molecule has 1 rings (SSSR count). The van der Waals surface area contributed by atoms with Gasteiger partial charge in [0.2, 0.25) is 0 Å². The van der Waals surface area contributed by atoms with Crippen molar-refractivity contribution in [3.63, 3.8) is 0 Å². The molecule has 4 heteroatoms. The van der Waals surface area contributed by atoms with Gasteiger partial charge < -0.3 is 19.7 Å². The van der Waals surface area contributed by atoms with Gasteiger partial charge in [0, 0.05) is 32.4 Å². The Morgan fingerprint density at radius 2 is 1.89 bits per heavy atom. The molecule has 0 unspecified atom stereocenters. The SMILES string of the molecule is CCN(CCNC)c1ccc(OCCOC)cc1. The van der Waals surface area contributed by atoms with Crippen LogP contribution in [0.15, 0.2) is 24.3 Å². The number of rotatable bonds is 9. The van der Waals surface area contributed by atoms with Crippen LogP contribution in [0.2, 0.25) is 0 Å². The lowest BCUT2D eigenvalue weighted by molar-refractivity contribution is 0.146. The van der Waals surface area contributed by atoms with Gasteiger partial charge in [-0.05, 0) is 38.2 Å². The van der Waals surface area contributed by atoms with Crippen LogP contribution in [-0.2, 0) is 4.74 Å². The Morgan fingerprint density at radius 1 is 1.17 bits per heavy atom. The third-order valence-corrected chi connectivity index (χ3v) is 2.77. The molecule has 0 aromatic heterocycles. The Labute approximate surface area is 110 Å². The number of methoxy groups -OCH3 is 1. The second-order valence-electron chi connectivity index (χ2n) is 4.02. The van der Waals surface area contributed by atoms with E-state index in [1.54, 1.807) is 7.11 Å². The lowest BCUT2D eigenvalue weighted by atomic mass is 10.2. The molecule has 0 aliphatic carbocycles. The first-order chi connectivity index (χ1) is 8.81. The first-order valence-electron chi connectivity index (χ1n) is 6.43. The smallest absolute Gasteiger partial charge is 0.119 e. The molecule has 0 heterocycles. The van der Waals surface area contributed by atoms with Gasteiger partial charge in [-0.3, -0.25) is 0 Å². The Hall–Kier alpha value is -1.26. The van der Waals surface area contributed by atoms with Gasteiger partial charge in [0.15, 0.2) is 0 Å². The van der Waals surface area contributed by atoms with Crippen LogP contribution >= 0.6 is 0 Å². The van der Waals surface area contributed by atoms with Gasteiger partial charge in [-0.2, -0.15) is 0 Å². The molecular weight excluding hydrogens is 228 g/mol. The Balaban J connectivity index is 2.51. The lowest BCUT2D eigenvalue weighted by Crippen LogP contribution is -2.30. The van der Waals surface area contributed by atoms with E-state index < -0.39 is 0 Å². The summed E-state index contributed by atoms with van der Waals surface area (Å²) >= 11 is 0. The van der Waals surface area contributed by atoms with E-state index in [1.165, 1.54) is 5.69 Å². The highest BCUT2D eigenvalue weighted by Gasteiger charge is 2.03. The third kappa shape index (κ3) is 4.94. The molecular formula is C14H24N2O2. The number of likely N-dealkylation sites (N-methyl/N-ethyl adjacent to an activating group) is 2. The van der Waals surface area contributed by atoms with Crippen LogP contribution in [0.3, 0.4) is 0 Å². The van der Waals surface area contributed by atoms with Gasteiger partial charge in [0.25, 0.3) is 0 Å². The second-order valence-corrected chi connectivity index (χ2v) is 4.02. The summed E-state index contributed by atoms with van der Waals surface area (Å²) in [5.74, 6) is 0.889. The molecule has 1 aromatic carbocycles. The molecule has 4 nitrogen and oxygen atoms in total. The molecule has 0 radical (unpaired) electrons. The van der Waals surface area contributed by atoms with Gasteiger partial charge in [-0.15, -0.1) is 0 Å².